The molecule has 22 heavy (non-hydrogen) atoms. The zero-order valence-corrected chi connectivity index (χ0v) is 13.4. The summed E-state index contributed by atoms with van der Waals surface area (Å²) in [6.07, 6.45) is 0.628. The fraction of sp³-hybridized carbons (Fsp3) is 0.533. The van der Waals surface area contributed by atoms with E-state index in [1.807, 2.05) is 6.92 Å². The number of hydrogen-bond acceptors (Lipinski definition) is 7. The highest BCUT2D eigenvalue weighted by Gasteiger charge is 2.42. The lowest BCUT2D eigenvalue weighted by atomic mass is 9.85. The van der Waals surface area contributed by atoms with Gasteiger partial charge in [0, 0.05) is 11.4 Å². The first-order valence-electron chi connectivity index (χ1n) is 6.90. The average molecular weight is 311 g/mol. The molecule has 0 amide bonds. The molecule has 0 saturated carbocycles. The van der Waals surface area contributed by atoms with E-state index in [-0.39, 0.29) is 17.8 Å². The molecular formula is C15H21NO6. The third kappa shape index (κ3) is 3.47. The summed E-state index contributed by atoms with van der Waals surface area (Å²) < 4.78 is 14.6. The summed E-state index contributed by atoms with van der Waals surface area (Å²) in [5.41, 5.74) is 0.982. The van der Waals surface area contributed by atoms with Crippen LogP contribution in [0.15, 0.2) is 22.5 Å². The van der Waals surface area contributed by atoms with Crippen molar-refractivity contribution in [3.8, 4) is 0 Å². The zero-order chi connectivity index (χ0) is 16.9. The fourth-order valence-corrected chi connectivity index (χ4v) is 2.28. The van der Waals surface area contributed by atoms with E-state index < -0.39 is 23.8 Å². The molecule has 0 bridgehead atoms. The highest BCUT2D eigenvalue weighted by atomic mass is 16.5. The van der Waals surface area contributed by atoms with Crippen LogP contribution in [-0.4, -0.2) is 38.7 Å². The van der Waals surface area contributed by atoms with Gasteiger partial charge in [0.1, 0.15) is 5.92 Å². The van der Waals surface area contributed by atoms with Gasteiger partial charge in [-0.3, -0.25) is 4.79 Å². The molecular weight excluding hydrogens is 290 g/mol. The molecule has 0 aliphatic carbocycles. The van der Waals surface area contributed by atoms with Gasteiger partial charge < -0.3 is 19.5 Å². The predicted octanol–water partition coefficient (Wildman–Crippen LogP) is 1.05. The topological polar surface area (TPSA) is 90.9 Å². The SMILES string of the molecule is CCCOC(=O)C1C(C(=O)OC)=C(C)NC(C)=C1C(=O)OC. The van der Waals surface area contributed by atoms with Crippen LogP contribution < -0.4 is 5.32 Å². The molecule has 0 aromatic carbocycles. The number of dihydropyridines is 1. The normalized spacial score (nSPS) is 15.3. The second-order valence-corrected chi connectivity index (χ2v) is 4.79. The minimum Gasteiger partial charge on any atom is -0.466 e. The Morgan fingerprint density at radius 2 is 1.45 bits per heavy atom. The summed E-state index contributed by atoms with van der Waals surface area (Å²) in [7, 11) is 2.42. The van der Waals surface area contributed by atoms with Gasteiger partial charge in [0.2, 0.25) is 0 Å². The van der Waals surface area contributed by atoms with Gasteiger partial charge in [-0.2, -0.15) is 0 Å². The third-order valence-corrected chi connectivity index (χ3v) is 3.26. The molecule has 0 spiro atoms. The van der Waals surface area contributed by atoms with Crippen LogP contribution in [0.5, 0.6) is 0 Å². The Balaban J connectivity index is 3.36. The maximum atomic E-state index is 12.4. The number of rotatable bonds is 5. The monoisotopic (exact) mass is 311 g/mol. The van der Waals surface area contributed by atoms with Gasteiger partial charge >= 0.3 is 17.9 Å². The quantitative estimate of drug-likeness (QED) is 0.599. The molecule has 1 aliphatic heterocycles. The number of carbonyl (C=O) groups is 3. The second-order valence-electron chi connectivity index (χ2n) is 4.79. The summed E-state index contributed by atoms with van der Waals surface area (Å²) in [6, 6.07) is 0. The molecule has 0 aromatic heterocycles. The molecule has 0 radical (unpaired) electrons. The Morgan fingerprint density at radius 3 is 1.82 bits per heavy atom. The van der Waals surface area contributed by atoms with Crippen molar-refractivity contribution in [2.24, 2.45) is 5.92 Å². The summed E-state index contributed by atoms with van der Waals surface area (Å²) in [5, 5.41) is 2.90. The largest absolute Gasteiger partial charge is 0.466 e. The fourth-order valence-electron chi connectivity index (χ4n) is 2.28. The molecule has 7 nitrogen and oxygen atoms in total. The Bertz CT molecular complexity index is 508. The minimum absolute atomic E-state index is 0.0506. The van der Waals surface area contributed by atoms with Crippen LogP contribution in [-0.2, 0) is 28.6 Å². The first-order valence-corrected chi connectivity index (χ1v) is 6.90. The van der Waals surface area contributed by atoms with Crippen molar-refractivity contribution in [2.45, 2.75) is 27.2 Å². The number of nitrogens with one attached hydrogen (secondary N) is 1. The van der Waals surface area contributed by atoms with E-state index in [0.29, 0.717) is 17.8 Å². The first kappa shape index (κ1) is 17.7. The number of hydrogen-bond donors (Lipinski definition) is 1. The van der Waals surface area contributed by atoms with Crippen molar-refractivity contribution in [1.29, 1.82) is 0 Å². The molecule has 7 heteroatoms. The Kier molecular flexibility index (Phi) is 6.15. The van der Waals surface area contributed by atoms with E-state index in [2.05, 4.69) is 5.32 Å². The Labute approximate surface area is 129 Å². The van der Waals surface area contributed by atoms with Crippen LogP contribution in [0.3, 0.4) is 0 Å². The van der Waals surface area contributed by atoms with E-state index >= 15 is 0 Å². The third-order valence-electron chi connectivity index (χ3n) is 3.26. The van der Waals surface area contributed by atoms with Crippen molar-refractivity contribution >= 4 is 17.9 Å². The molecule has 122 valence electrons. The molecule has 0 atom stereocenters. The van der Waals surface area contributed by atoms with Crippen LogP contribution in [0.25, 0.3) is 0 Å². The molecule has 1 aliphatic rings. The maximum absolute atomic E-state index is 12.4. The number of esters is 3. The average Bonchev–Trinajstić information content (AvgIpc) is 2.50. The molecule has 0 fully saturated rings. The van der Waals surface area contributed by atoms with Gasteiger partial charge in [-0.05, 0) is 20.3 Å². The van der Waals surface area contributed by atoms with E-state index in [4.69, 9.17) is 14.2 Å². The predicted molar refractivity (Wildman–Crippen MR) is 77.3 cm³/mol. The van der Waals surface area contributed by atoms with Crippen LogP contribution in [0.1, 0.15) is 27.2 Å². The van der Waals surface area contributed by atoms with Crippen LogP contribution >= 0.6 is 0 Å². The summed E-state index contributed by atoms with van der Waals surface area (Å²) in [4.78, 5) is 36.4. The Hall–Kier alpha value is -2.31. The highest BCUT2D eigenvalue weighted by molar-refractivity contribution is 6.05. The molecule has 1 rings (SSSR count). The lowest BCUT2D eigenvalue weighted by molar-refractivity contribution is -0.151. The van der Waals surface area contributed by atoms with Crippen molar-refractivity contribution in [1.82, 2.24) is 5.32 Å². The Morgan fingerprint density at radius 1 is 1.00 bits per heavy atom. The number of allylic oxidation sites excluding steroid dienone is 2. The van der Waals surface area contributed by atoms with Crippen molar-refractivity contribution in [2.75, 3.05) is 20.8 Å². The van der Waals surface area contributed by atoms with Crippen LogP contribution in [0, 0.1) is 5.92 Å². The zero-order valence-electron chi connectivity index (χ0n) is 13.4. The molecule has 1 N–H and O–H groups in total. The van der Waals surface area contributed by atoms with E-state index in [0.717, 1.165) is 0 Å². The lowest BCUT2D eigenvalue weighted by Crippen LogP contribution is -2.38. The lowest BCUT2D eigenvalue weighted by Gasteiger charge is -2.28. The van der Waals surface area contributed by atoms with Gasteiger partial charge in [0.15, 0.2) is 0 Å². The number of carbonyl (C=O) groups excluding carboxylic acids is 3. The molecule has 0 unspecified atom stereocenters. The van der Waals surface area contributed by atoms with Gasteiger partial charge in [-0.15, -0.1) is 0 Å². The highest BCUT2D eigenvalue weighted by Crippen LogP contribution is 2.32. The summed E-state index contributed by atoms with van der Waals surface area (Å²) in [6.45, 7) is 5.30. The minimum atomic E-state index is -1.16. The van der Waals surface area contributed by atoms with Gasteiger partial charge in [-0.25, -0.2) is 9.59 Å². The van der Waals surface area contributed by atoms with Crippen molar-refractivity contribution in [3.05, 3.63) is 22.5 Å². The number of ether oxygens (including phenoxy) is 3. The maximum Gasteiger partial charge on any atom is 0.336 e. The molecule has 0 saturated heterocycles. The van der Waals surface area contributed by atoms with E-state index in [9.17, 15) is 14.4 Å². The summed E-state index contributed by atoms with van der Waals surface area (Å²) >= 11 is 0. The van der Waals surface area contributed by atoms with Gasteiger partial charge in [0.25, 0.3) is 0 Å². The summed E-state index contributed by atoms with van der Waals surface area (Å²) in [5.74, 6) is -3.23. The first-order chi connectivity index (χ1) is 10.4. The van der Waals surface area contributed by atoms with Crippen molar-refractivity contribution in [3.63, 3.8) is 0 Å². The van der Waals surface area contributed by atoms with E-state index in [1.54, 1.807) is 13.8 Å². The standard InChI is InChI=1S/C15H21NO6/c1-6-7-22-15(19)12-10(13(17)20-4)8(2)16-9(3)11(12)14(18)21-5/h12,16H,6-7H2,1-5H3. The van der Waals surface area contributed by atoms with Crippen LogP contribution in [0.4, 0.5) is 0 Å². The van der Waals surface area contributed by atoms with Crippen molar-refractivity contribution < 1.29 is 28.6 Å². The van der Waals surface area contributed by atoms with Gasteiger partial charge in [0.05, 0.1) is 32.0 Å². The van der Waals surface area contributed by atoms with Gasteiger partial charge in [-0.1, -0.05) is 6.92 Å². The smallest absolute Gasteiger partial charge is 0.336 e. The van der Waals surface area contributed by atoms with Crippen LogP contribution in [0.2, 0.25) is 0 Å². The second kappa shape index (κ2) is 7.63. The number of methoxy groups -OCH3 is 2. The van der Waals surface area contributed by atoms with E-state index in [1.165, 1.54) is 14.2 Å². The molecule has 0 aromatic rings. The molecule has 1 heterocycles.